The van der Waals surface area contributed by atoms with E-state index in [1.54, 1.807) is 14.2 Å². The molecule has 0 saturated carbocycles. The first-order chi connectivity index (χ1) is 7.75. The number of hydrogen-bond acceptors (Lipinski definition) is 4. The van der Waals surface area contributed by atoms with Crippen molar-refractivity contribution >= 4 is 14.5 Å². The van der Waals surface area contributed by atoms with Gasteiger partial charge in [0, 0.05) is 26.3 Å². The maximum absolute atomic E-state index is 11.9. The number of nitrogens with zero attached hydrogens (tertiary/aromatic N) is 1. The largest absolute Gasteiger partial charge is 0.397 e. The smallest absolute Gasteiger partial charge is 0.343 e. The molecule has 0 radical (unpaired) electrons. The average molecular weight is 262 g/mol. The van der Waals surface area contributed by atoms with Crippen LogP contribution in [-0.4, -0.2) is 45.8 Å². The summed E-state index contributed by atoms with van der Waals surface area (Å²) >= 11 is 0. The van der Waals surface area contributed by atoms with E-state index in [0.717, 1.165) is 0 Å². The normalized spacial score (nSPS) is 12.6. The summed E-state index contributed by atoms with van der Waals surface area (Å²) in [6, 6.07) is 0.824. The standard InChI is InChI=1S/C11H26N2O3Si/c1-9(2)13(10(3)4)12-11(14)8-17(7,15-5)16-6/h9-10H,8H2,1-7H3,(H,12,14). The zero-order valence-electron chi connectivity index (χ0n) is 12.0. The van der Waals surface area contributed by atoms with Crippen LogP contribution in [0.2, 0.25) is 12.6 Å². The quantitative estimate of drug-likeness (QED) is 0.558. The van der Waals surface area contributed by atoms with Crippen molar-refractivity contribution in [1.29, 1.82) is 0 Å². The van der Waals surface area contributed by atoms with Crippen LogP contribution in [-0.2, 0) is 13.6 Å². The van der Waals surface area contributed by atoms with Crippen molar-refractivity contribution in [2.24, 2.45) is 0 Å². The van der Waals surface area contributed by atoms with Gasteiger partial charge in [-0.2, -0.15) is 0 Å². The minimum atomic E-state index is -2.34. The molecule has 0 unspecified atom stereocenters. The number of nitrogens with one attached hydrogen (secondary N) is 1. The molecule has 0 fully saturated rings. The molecule has 0 aromatic rings. The van der Waals surface area contributed by atoms with E-state index in [0.29, 0.717) is 6.04 Å². The van der Waals surface area contributed by atoms with E-state index < -0.39 is 8.56 Å². The Bertz CT molecular complexity index is 235. The van der Waals surface area contributed by atoms with Gasteiger partial charge in [-0.15, -0.1) is 0 Å². The van der Waals surface area contributed by atoms with Gasteiger partial charge in [0.25, 0.3) is 0 Å². The maximum atomic E-state index is 11.9. The molecule has 0 rings (SSSR count). The van der Waals surface area contributed by atoms with E-state index in [-0.39, 0.29) is 18.0 Å². The fourth-order valence-electron chi connectivity index (χ4n) is 1.56. The summed E-state index contributed by atoms with van der Waals surface area (Å²) in [5.74, 6) is -0.0507. The second kappa shape index (κ2) is 7.10. The molecule has 0 saturated heterocycles. The number of carbonyl (C=O) groups excluding carboxylic acids is 1. The summed E-state index contributed by atoms with van der Waals surface area (Å²) in [7, 11) is 0.842. The fourth-order valence-corrected chi connectivity index (χ4v) is 2.68. The van der Waals surface area contributed by atoms with Crippen LogP contribution in [0.1, 0.15) is 27.7 Å². The molecule has 0 bridgehead atoms. The lowest BCUT2D eigenvalue weighted by Crippen LogP contribution is -2.52. The van der Waals surface area contributed by atoms with Gasteiger partial charge in [0.1, 0.15) is 0 Å². The van der Waals surface area contributed by atoms with Crippen LogP contribution in [0, 0.1) is 0 Å². The van der Waals surface area contributed by atoms with E-state index in [2.05, 4.69) is 5.43 Å². The Morgan fingerprint density at radius 3 is 1.88 bits per heavy atom. The van der Waals surface area contributed by atoms with Crippen LogP contribution in [0.5, 0.6) is 0 Å². The fraction of sp³-hybridized carbons (Fsp3) is 0.909. The second-order valence-corrected chi connectivity index (χ2v) is 8.29. The molecule has 0 aliphatic heterocycles. The number of carbonyl (C=O) groups is 1. The van der Waals surface area contributed by atoms with Gasteiger partial charge >= 0.3 is 8.56 Å². The molecule has 0 aromatic heterocycles. The van der Waals surface area contributed by atoms with Gasteiger partial charge in [-0.05, 0) is 34.2 Å². The third kappa shape index (κ3) is 5.63. The van der Waals surface area contributed by atoms with Crippen molar-refractivity contribution in [3.63, 3.8) is 0 Å². The molecule has 102 valence electrons. The first-order valence-corrected chi connectivity index (χ1v) is 8.46. The molecule has 5 nitrogen and oxygen atoms in total. The molecule has 6 heteroatoms. The minimum Gasteiger partial charge on any atom is -0.397 e. The zero-order chi connectivity index (χ0) is 13.6. The summed E-state index contributed by atoms with van der Waals surface area (Å²) in [6.45, 7) is 10.1. The van der Waals surface area contributed by atoms with Crippen molar-refractivity contribution in [3.05, 3.63) is 0 Å². The molecule has 0 aliphatic rings. The van der Waals surface area contributed by atoms with Crippen molar-refractivity contribution < 1.29 is 13.6 Å². The molecule has 0 heterocycles. The summed E-state index contributed by atoms with van der Waals surface area (Å²) in [4.78, 5) is 11.9. The van der Waals surface area contributed by atoms with E-state index in [4.69, 9.17) is 8.85 Å². The van der Waals surface area contributed by atoms with Gasteiger partial charge in [-0.3, -0.25) is 10.2 Å². The highest BCUT2D eigenvalue weighted by atomic mass is 28.4. The Morgan fingerprint density at radius 2 is 1.59 bits per heavy atom. The zero-order valence-corrected chi connectivity index (χ0v) is 13.0. The van der Waals surface area contributed by atoms with E-state index in [1.807, 2.05) is 39.3 Å². The molecule has 1 N–H and O–H groups in total. The van der Waals surface area contributed by atoms with Gasteiger partial charge in [-0.1, -0.05) is 0 Å². The highest BCUT2D eigenvalue weighted by molar-refractivity contribution is 6.69. The number of hydrazine groups is 1. The third-order valence-electron chi connectivity index (χ3n) is 2.71. The summed E-state index contributed by atoms with van der Waals surface area (Å²) < 4.78 is 10.6. The first kappa shape index (κ1) is 16.6. The molecule has 0 aromatic carbocycles. The van der Waals surface area contributed by atoms with Gasteiger partial charge in [0.15, 0.2) is 0 Å². The van der Waals surface area contributed by atoms with Crippen LogP contribution in [0.15, 0.2) is 0 Å². The lowest BCUT2D eigenvalue weighted by atomic mass is 10.3. The van der Waals surface area contributed by atoms with Crippen molar-refractivity contribution in [3.8, 4) is 0 Å². The van der Waals surface area contributed by atoms with Crippen LogP contribution in [0.4, 0.5) is 0 Å². The van der Waals surface area contributed by atoms with Crippen LogP contribution >= 0.6 is 0 Å². The highest BCUT2D eigenvalue weighted by Crippen LogP contribution is 2.11. The number of rotatable bonds is 7. The average Bonchev–Trinajstić information content (AvgIpc) is 2.24. The van der Waals surface area contributed by atoms with E-state index in [9.17, 15) is 4.79 Å². The van der Waals surface area contributed by atoms with Gasteiger partial charge < -0.3 is 8.85 Å². The number of hydrogen-bond donors (Lipinski definition) is 1. The molecule has 0 atom stereocenters. The molecule has 1 amide bonds. The Balaban J connectivity index is 4.43. The molecule has 0 spiro atoms. The minimum absolute atomic E-state index is 0.0507. The van der Waals surface area contributed by atoms with Crippen molar-refractivity contribution in [1.82, 2.24) is 10.4 Å². The lowest BCUT2D eigenvalue weighted by molar-refractivity contribution is -0.126. The predicted octanol–water partition coefficient (Wildman–Crippen LogP) is 1.50. The summed E-state index contributed by atoms with van der Waals surface area (Å²) in [6.07, 6.45) is 0. The topological polar surface area (TPSA) is 50.8 Å². The first-order valence-electron chi connectivity index (χ1n) is 5.94. The predicted molar refractivity (Wildman–Crippen MR) is 70.7 cm³/mol. The van der Waals surface area contributed by atoms with Gasteiger partial charge in [0.05, 0.1) is 6.04 Å². The third-order valence-corrected chi connectivity index (χ3v) is 5.40. The van der Waals surface area contributed by atoms with Crippen LogP contribution in [0.3, 0.4) is 0 Å². The highest BCUT2D eigenvalue weighted by Gasteiger charge is 2.33. The lowest BCUT2D eigenvalue weighted by Gasteiger charge is -2.32. The van der Waals surface area contributed by atoms with E-state index in [1.165, 1.54) is 0 Å². The van der Waals surface area contributed by atoms with Crippen LogP contribution < -0.4 is 5.43 Å². The van der Waals surface area contributed by atoms with E-state index >= 15 is 0 Å². The van der Waals surface area contributed by atoms with Gasteiger partial charge in [-0.25, -0.2) is 5.01 Å². The SMILES string of the molecule is CO[Si](C)(CC(=O)NN(C(C)C)C(C)C)OC. The summed E-state index contributed by atoms with van der Waals surface area (Å²) in [5, 5.41) is 1.93. The monoisotopic (exact) mass is 262 g/mol. The van der Waals surface area contributed by atoms with Crippen LogP contribution in [0.25, 0.3) is 0 Å². The Morgan fingerprint density at radius 1 is 1.18 bits per heavy atom. The molecule has 17 heavy (non-hydrogen) atoms. The Hall–Kier alpha value is -0.433. The Labute approximate surface area is 106 Å². The second-order valence-electron chi connectivity index (χ2n) is 4.85. The molecule has 0 aliphatic carbocycles. The van der Waals surface area contributed by atoms with Crippen molar-refractivity contribution in [2.45, 2.75) is 52.4 Å². The molecular weight excluding hydrogens is 236 g/mol. The molecular formula is C11H26N2O3Si. The number of amides is 1. The maximum Gasteiger partial charge on any atom is 0.343 e. The summed E-state index contributed by atoms with van der Waals surface area (Å²) in [5.41, 5.74) is 2.91. The van der Waals surface area contributed by atoms with Gasteiger partial charge in [0.2, 0.25) is 5.91 Å². The Kier molecular flexibility index (Phi) is 6.92. The van der Waals surface area contributed by atoms with Crippen molar-refractivity contribution in [2.75, 3.05) is 14.2 Å².